The lowest BCUT2D eigenvalue weighted by Crippen LogP contribution is -2.11. The maximum atomic E-state index is 13.4. The second kappa shape index (κ2) is 8.61. The Bertz CT molecular complexity index is 1080. The van der Waals surface area contributed by atoms with Gasteiger partial charge in [-0.15, -0.1) is 12.4 Å². The molecule has 29 heavy (non-hydrogen) atoms. The molecule has 0 saturated heterocycles. The molecule has 4 aromatic rings. The van der Waals surface area contributed by atoms with Gasteiger partial charge in [0.2, 0.25) is 5.95 Å². The van der Waals surface area contributed by atoms with Gasteiger partial charge in [-0.3, -0.25) is 4.98 Å². The van der Waals surface area contributed by atoms with Crippen molar-refractivity contribution >= 4 is 30.0 Å². The summed E-state index contributed by atoms with van der Waals surface area (Å²) in [5.41, 5.74) is 8.01. The Balaban J connectivity index is 0.00000240. The van der Waals surface area contributed by atoms with Crippen LogP contribution in [0.15, 0.2) is 59.9 Å². The standard InChI is InChI=1S/C19H16FN7O.ClH/c1-11(12-2-4-13(20)5-3-12)16-17(14-8-23-10-28-14)26-19(21)27-18(16)25-15-9-22-6-7-24-15;/h2-11H,1H3,(H3,21,24,25,26,27);1H. The fourth-order valence-corrected chi connectivity index (χ4v) is 2.92. The number of nitrogens with one attached hydrogen (secondary N) is 1. The average Bonchev–Trinajstić information content (AvgIpc) is 3.23. The predicted octanol–water partition coefficient (Wildman–Crippen LogP) is 3.96. The minimum Gasteiger partial charge on any atom is -0.442 e. The lowest BCUT2D eigenvalue weighted by molar-refractivity contribution is 0.568. The molecule has 10 heteroatoms. The number of benzene rings is 1. The van der Waals surface area contributed by atoms with E-state index in [-0.39, 0.29) is 30.1 Å². The largest absolute Gasteiger partial charge is 0.442 e. The minimum absolute atomic E-state index is 0. The number of halogens is 2. The summed E-state index contributed by atoms with van der Waals surface area (Å²) in [5, 5.41) is 3.14. The van der Waals surface area contributed by atoms with Crippen molar-refractivity contribution in [2.24, 2.45) is 0 Å². The first-order valence-electron chi connectivity index (χ1n) is 8.46. The molecule has 3 aromatic heterocycles. The molecule has 1 aromatic carbocycles. The Morgan fingerprint density at radius 2 is 1.86 bits per heavy atom. The highest BCUT2D eigenvalue weighted by Gasteiger charge is 2.24. The van der Waals surface area contributed by atoms with E-state index in [1.165, 1.54) is 18.5 Å². The zero-order valence-electron chi connectivity index (χ0n) is 15.3. The van der Waals surface area contributed by atoms with Crippen molar-refractivity contribution < 1.29 is 8.81 Å². The monoisotopic (exact) mass is 413 g/mol. The van der Waals surface area contributed by atoms with Crippen LogP contribution < -0.4 is 11.1 Å². The van der Waals surface area contributed by atoms with Gasteiger partial charge in [0.15, 0.2) is 12.2 Å². The lowest BCUT2D eigenvalue weighted by atomic mass is 9.91. The molecule has 0 aliphatic carbocycles. The van der Waals surface area contributed by atoms with Gasteiger partial charge < -0.3 is 15.5 Å². The van der Waals surface area contributed by atoms with Crippen LogP contribution in [0.2, 0.25) is 0 Å². The van der Waals surface area contributed by atoms with Gasteiger partial charge >= 0.3 is 0 Å². The second-order valence-corrected chi connectivity index (χ2v) is 6.05. The Labute approximate surface area is 171 Å². The predicted molar refractivity (Wildman–Crippen MR) is 108 cm³/mol. The minimum atomic E-state index is -0.308. The molecule has 0 aliphatic rings. The molecule has 0 saturated carbocycles. The molecule has 1 atom stereocenters. The van der Waals surface area contributed by atoms with Crippen LogP contribution >= 0.6 is 12.4 Å². The summed E-state index contributed by atoms with van der Waals surface area (Å²) in [4.78, 5) is 21.0. The lowest BCUT2D eigenvalue weighted by Gasteiger charge is -2.19. The molecule has 3 heterocycles. The molecule has 0 radical (unpaired) electrons. The van der Waals surface area contributed by atoms with E-state index in [2.05, 4.69) is 30.2 Å². The molecule has 0 fully saturated rings. The number of aromatic nitrogens is 5. The highest BCUT2D eigenvalue weighted by atomic mass is 35.5. The molecule has 3 N–H and O–H groups in total. The highest BCUT2D eigenvalue weighted by molar-refractivity contribution is 5.85. The van der Waals surface area contributed by atoms with Crippen LogP contribution in [0.1, 0.15) is 24.0 Å². The number of rotatable bonds is 5. The quantitative estimate of drug-likeness (QED) is 0.505. The van der Waals surface area contributed by atoms with Crippen LogP contribution in [-0.4, -0.2) is 24.9 Å². The Hall–Kier alpha value is -3.59. The number of hydrogen-bond acceptors (Lipinski definition) is 8. The van der Waals surface area contributed by atoms with Crippen molar-refractivity contribution in [2.45, 2.75) is 12.8 Å². The van der Waals surface area contributed by atoms with Crippen molar-refractivity contribution in [1.82, 2.24) is 24.9 Å². The number of oxazole rings is 1. The van der Waals surface area contributed by atoms with E-state index >= 15 is 0 Å². The SMILES string of the molecule is CC(c1ccc(F)cc1)c1c(Nc2cnccn2)nc(N)nc1-c1cnco1.Cl. The fraction of sp³-hybridized carbons (Fsp3) is 0.105. The van der Waals surface area contributed by atoms with Crippen LogP contribution in [-0.2, 0) is 0 Å². The number of nitrogens with zero attached hydrogens (tertiary/aromatic N) is 5. The summed E-state index contributed by atoms with van der Waals surface area (Å²) in [6.07, 6.45) is 7.57. The van der Waals surface area contributed by atoms with Gasteiger partial charge in [-0.2, -0.15) is 4.98 Å². The normalized spacial score (nSPS) is 11.5. The Morgan fingerprint density at radius 1 is 1.07 bits per heavy atom. The number of nitrogens with two attached hydrogens (primary N) is 1. The third-order valence-corrected chi connectivity index (χ3v) is 4.24. The van der Waals surface area contributed by atoms with Crippen LogP contribution in [0, 0.1) is 5.82 Å². The highest BCUT2D eigenvalue weighted by Crippen LogP contribution is 2.37. The van der Waals surface area contributed by atoms with E-state index in [9.17, 15) is 4.39 Å². The molecule has 0 bridgehead atoms. The first kappa shape index (κ1) is 20.2. The molecule has 4 rings (SSSR count). The molecular formula is C19H17ClFN7O. The fourth-order valence-electron chi connectivity index (χ4n) is 2.92. The van der Waals surface area contributed by atoms with Gasteiger partial charge in [-0.1, -0.05) is 19.1 Å². The van der Waals surface area contributed by atoms with E-state index in [0.29, 0.717) is 28.7 Å². The number of nitrogen functional groups attached to an aromatic ring is 1. The zero-order chi connectivity index (χ0) is 19.5. The summed E-state index contributed by atoms with van der Waals surface area (Å²) < 4.78 is 18.8. The summed E-state index contributed by atoms with van der Waals surface area (Å²) in [7, 11) is 0. The third-order valence-electron chi connectivity index (χ3n) is 4.24. The average molecular weight is 414 g/mol. The van der Waals surface area contributed by atoms with Crippen molar-refractivity contribution in [1.29, 1.82) is 0 Å². The van der Waals surface area contributed by atoms with E-state index in [4.69, 9.17) is 10.2 Å². The number of anilines is 3. The first-order valence-corrected chi connectivity index (χ1v) is 8.46. The maximum absolute atomic E-state index is 13.4. The van der Waals surface area contributed by atoms with Crippen molar-refractivity contribution in [2.75, 3.05) is 11.1 Å². The first-order chi connectivity index (χ1) is 13.6. The van der Waals surface area contributed by atoms with Gasteiger partial charge in [0, 0.05) is 23.9 Å². The van der Waals surface area contributed by atoms with Gasteiger partial charge in [0.1, 0.15) is 23.1 Å². The molecule has 148 valence electrons. The zero-order valence-corrected chi connectivity index (χ0v) is 16.1. The van der Waals surface area contributed by atoms with Gasteiger partial charge in [-0.05, 0) is 17.7 Å². The molecule has 0 aliphatic heterocycles. The summed E-state index contributed by atoms with van der Waals surface area (Å²) in [6.45, 7) is 1.96. The van der Waals surface area contributed by atoms with Gasteiger partial charge in [0.25, 0.3) is 0 Å². The van der Waals surface area contributed by atoms with E-state index < -0.39 is 0 Å². The molecule has 1 unspecified atom stereocenters. The van der Waals surface area contributed by atoms with E-state index in [1.807, 2.05) is 6.92 Å². The van der Waals surface area contributed by atoms with Crippen LogP contribution in [0.3, 0.4) is 0 Å². The van der Waals surface area contributed by atoms with Crippen molar-refractivity contribution in [3.05, 3.63) is 72.4 Å². The summed E-state index contributed by atoms with van der Waals surface area (Å²) in [5.74, 6) is 0.944. The Kier molecular flexibility index (Phi) is 5.99. The maximum Gasteiger partial charge on any atom is 0.222 e. The van der Waals surface area contributed by atoms with Crippen LogP contribution in [0.25, 0.3) is 11.5 Å². The Morgan fingerprint density at radius 3 is 2.52 bits per heavy atom. The number of hydrogen-bond donors (Lipinski definition) is 2. The molecule has 0 amide bonds. The summed E-state index contributed by atoms with van der Waals surface area (Å²) in [6, 6.07) is 6.25. The molecule has 0 spiro atoms. The van der Waals surface area contributed by atoms with Gasteiger partial charge in [0.05, 0.1) is 12.4 Å². The molecular weight excluding hydrogens is 397 g/mol. The van der Waals surface area contributed by atoms with Crippen LogP contribution in [0.4, 0.5) is 22.0 Å². The van der Waals surface area contributed by atoms with Crippen molar-refractivity contribution in [3.63, 3.8) is 0 Å². The third kappa shape index (κ3) is 4.30. The van der Waals surface area contributed by atoms with E-state index in [1.54, 1.807) is 36.9 Å². The van der Waals surface area contributed by atoms with Gasteiger partial charge in [-0.25, -0.2) is 19.3 Å². The second-order valence-electron chi connectivity index (χ2n) is 6.05. The van der Waals surface area contributed by atoms with Crippen LogP contribution in [0.5, 0.6) is 0 Å². The smallest absolute Gasteiger partial charge is 0.222 e. The van der Waals surface area contributed by atoms with E-state index in [0.717, 1.165) is 5.56 Å². The topological polar surface area (TPSA) is 116 Å². The molecule has 8 nitrogen and oxygen atoms in total. The van der Waals surface area contributed by atoms with Crippen molar-refractivity contribution in [3.8, 4) is 11.5 Å². The summed E-state index contributed by atoms with van der Waals surface area (Å²) >= 11 is 0.